The van der Waals surface area contributed by atoms with Crippen LogP contribution in [0.4, 0.5) is 0 Å². The Morgan fingerprint density at radius 2 is 2.05 bits per heavy atom. The zero-order valence-electron chi connectivity index (χ0n) is 11.9. The van der Waals surface area contributed by atoms with Crippen molar-refractivity contribution in [3.63, 3.8) is 0 Å². The highest BCUT2D eigenvalue weighted by molar-refractivity contribution is 5.92. The number of rotatable bonds is 2. The van der Waals surface area contributed by atoms with Crippen LogP contribution in [0.2, 0.25) is 0 Å². The van der Waals surface area contributed by atoms with Gasteiger partial charge in [0.15, 0.2) is 5.69 Å². The summed E-state index contributed by atoms with van der Waals surface area (Å²) in [5.41, 5.74) is 1.46. The van der Waals surface area contributed by atoms with Gasteiger partial charge in [0.2, 0.25) is 0 Å². The maximum atomic E-state index is 12.5. The molecule has 0 saturated carbocycles. The number of benzene rings is 1. The number of carbonyl (C=O) groups is 1. The molecule has 6 heteroatoms. The lowest BCUT2D eigenvalue weighted by atomic mass is 10.2. The van der Waals surface area contributed by atoms with Crippen LogP contribution in [0.5, 0.6) is 0 Å². The molecule has 0 aliphatic carbocycles. The summed E-state index contributed by atoms with van der Waals surface area (Å²) < 4.78 is 1.74. The largest absolute Gasteiger partial charge is 0.332 e. The molecule has 2 heterocycles. The van der Waals surface area contributed by atoms with Crippen LogP contribution in [-0.4, -0.2) is 46.3 Å². The average molecular weight is 307 g/mol. The summed E-state index contributed by atoms with van der Waals surface area (Å²) in [6.45, 7) is 4.47. The number of halogens is 1. The predicted octanol–water partition coefficient (Wildman–Crippen LogP) is 1.73. The Bertz CT molecular complexity index is 599. The van der Waals surface area contributed by atoms with E-state index in [4.69, 9.17) is 0 Å². The molecule has 2 aromatic rings. The van der Waals surface area contributed by atoms with Crippen molar-refractivity contribution >= 4 is 18.3 Å². The van der Waals surface area contributed by atoms with E-state index in [1.54, 1.807) is 10.7 Å². The number of para-hydroxylation sites is 1. The van der Waals surface area contributed by atoms with E-state index in [0.717, 1.165) is 25.3 Å². The van der Waals surface area contributed by atoms with E-state index < -0.39 is 0 Å². The van der Waals surface area contributed by atoms with Gasteiger partial charge in [0, 0.05) is 31.9 Å². The van der Waals surface area contributed by atoms with Crippen LogP contribution in [0, 0.1) is 0 Å². The molecule has 21 heavy (non-hydrogen) atoms. The molecule has 0 spiro atoms. The van der Waals surface area contributed by atoms with Crippen molar-refractivity contribution in [2.75, 3.05) is 19.6 Å². The van der Waals surface area contributed by atoms with E-state index in [9.17, 15) is 4.79 Å². The van der Waals surface area contributed by atoms with Gasteiger partial charge in [-0.25, -0.2) is 4.68 Å². The molecule has 5 nitrogen and oxygen atoms in total. The Hall–Kier alpha value is -1.85. The first kappa shape index (κ1) is 15.5. The van der Waals surface area contributed by atoms with Gasteiger partial charge in [-0.1, -0.05) is 18.2 Å². The number of aromatic nitrogens is 2. The van der Waals surface area contributed by atoms with Crippen LogP contribution in [0.15, 0.2) is 42.6 Å². The molecule has 1 aromatic heterocycles. The van der Waals surface area contributed by atoms with E-state index in [-0.39, 0.29) is 24.4 Å². The van der Waals surface area contributed by atoms with E-state index in [2.05, 4.69) is 17.3 Å². The van der Waals surface area contributed by atoms with E-state index in [1.165, 1.54) is 0 Å². The summed E-state index contributed by atoms with van der Waals surface area (Å²) in [4.78, 5) is 14.4. The quantitative estimate of drug-likeness (QED) is 0.919. The molecule has 1 amide bonds. The van der Waals surface area contributed by atoms with Crippen LogP contribution in [0.1, 0.15) is 17.4 Å². The van der Waals surface area contributed by atoms with Crippen molar-refractivity contribution in [2.24, 2.45) is 0 Å². The molecule has 0 bridgehead atoms. The van der Waals surface area contributed by atoms with Gasteiger partial charge in [-0.05, 0) is 25.1 Å². The van der Waals surface area contributed by atoms with Crippen molar-refractivity contribution in [1.29, 1.82) is 0 Å². The molecule has 1 N–H and O–H groups in total. The predicted molar refractivity (Wildman–Crippen MR) is 84.2 cm³/mol. The minimum atomic E-state index is 0. The summed E-state index contributed by atoms with van der Waals surface area (Å²) in [6.07, 6.45) is 1.83. The fourth-order valence-electron chi connectivity index (χ4n) is 2.45. The maximum absolute atomic E-state index is 12.5. The van der Waals surface area contributed by atoms with Crippen molar-refractivity contribution in [3.05, 3.63) is 48.3 Å². The number of amides is 1. The fourth-order valence-corrected chi connectivity index (χ4v) is 2.45. The third kappa shape index (κ3) is 3.25. The van der Waals surface area contributed by atoms with Crippen LogP contribution in [0.3, 0.4) is 0 Å². The number of hydrogen-bond acceptors (Lipinski definition) is 3. The molecule has 3 rings (SSSR count). The number of carbonyl (C=O) groups excluding carboxylic acids is 1. The highest BCUT2D eigenvalue weighted by Crippen LogP contribution is 2.11. The van der Waals surface area contributed by atoms with Gasteiger partial charge in [0.05, 0.1) is 5.69 Å². The Labute approximate surface area is 130 Å². The normalized spacial score (nSPS) is 18.1. The SMILES string of the molecule is C[C@H]1CNCCN1C(=O)c1ccn(-c2ccccc2)n1.Cl. The zero-order chi connectivity index (χ0) is 13.9. The van der Waals surface area contributed by atoms with Gasteiger partial charge >= 0.3 is 0 Å². The van der Waals surface area contributed by atoms with Crippen LogP contribution in [0.25, 0.3) is 5.69 Å². The molecular weight excluding hydrogens is 288 g/mol. The topological polar surface area (TPSA) is 50.2 Å². The summed E-state index contributed by atoms with van der Waals surface area (Å²) >= 11 is 0. The minimum absolute atomic E-state index is 0. The van der Waals surface area contributed by atoms with Gasteiger partial charge < -0.3 is 10.2 Å². The van der Waals surface area contributed by atoms with E-state index in [1.807, 2.05) is 41.4 Å². The Kier molecular flexibility index (Phi) is 4.98. The van der Waals surface area contributed by atoms with Crippen molar-refractivity contribution in [1.82, 2.24) is 20.0 Å². The van der Waals surface area contributed by atoms with Gasteiger partial charge in [0.25, 0.3) is 5.91 Å². The van der Waals surface area contributed by atoms with Crippen molar-refractivity contribution in [2.45, 2.75) is 13.0 Å². The van der Waals surface area contributed by atoms with Crippen LogP contribution < -0.4 is 5.32 Å². The lowest BCUT2D eigenvalue weighted by Crippen LogP contribution is -2.52. The fraction of sp³-hybridized carbons (Fsp3) is 0.333. The second kappa shape index (κ2) is 6.74. The molecule has 1 saturated heterocycles. The van der Waals surface area contributed by atoms with Gasteiger partial charge in [-0.3, -0.25) is 4.79 Å². The molecule has 0 radical (unpaired) electrons. The number of nitrogens with zero attached hydrogens (tertiary/aromatic N) is 3. The van der Waals surface area contributed by atoms with Crippen LogP contribution >= 0.6 is 12.4 Å². The van der Waals surface area contributed by atoms with E-state index >= 15 is 0 Å². The third-order valence-corrected chi connectivity index (χ3v) is 3.59. The smallest absolute Gasteiger partial charge is 0.274 e. The monoisotopic (exact) mass is 306 g/mol. The second-order valence-corrected chi connectivity index (χ2v) is 5.03. The van der Waals surface area contributed by atoms with Gasteiger partial charge in [-0.15, -0.1) is 12.4 Å². The molecule has 1 fully saturated rings. The highest BCUT2D eigenvalue weighted by atomic mass is 35.5. The number of hydrogen-bond donors (Lipinski definition) is 1. The molecule has 0 unspecified atom stereocenters. The molecule has 1 aliphatic rings. The Morgan fingerprint density at radius 1 is 1.29 bits per heavy atom. The first-order chi connectivity index (χ1) is 9.75. The molecule has 1 aromatic carbocycles. The highest BCUT2D eigenvalue weighted by Gasteiger charge is 2.25. The average Bonchev–Trinajstić information content (AvgIpc) is 2.98. The molecule has 1 aliphatic heterocycles. The summed E-state index contributed by atoms with van der Waals surface area (Å²) in [6, 6.07) is 11.8. The van der Waals surface area contributed by atoms with Gasteiger partial charge in [0.1, 0.15) is 0 Å². The standard InChI is InChI=1S/C15H18N4O.ClH/c1-12-11-16-8-10-18(12)15(20)14-7-9-19(17-14)13-5-3-2-4-6-13;/h2-7,9,12,16H,8,10-11H2,1H3;1H/t12-;/m0./s1. The Morgan fingerprint density at radius 3 is 2.76 bits per heavy atom. The first-order valence-electron chi connectivity index (χ1n) is 6.88. The summed E-state index contributed by atoms with van der Waals surface area (Å²) in [7, 11) is 0. The summed E-state index contributed by atoms with van der Waals surface area (Å²) in [5.74, 6) is 0.00804. The van der Waals surface area contributed by atoms with Gasteiger partial charge in [-0.2, -0.15) is 5.10 Å². The first-order valence-corrected chi connectivity index (χ1v) is 6.88. The van der Waals surface area contributed by atoms with Crippen molar-refractivity contribution in [3.8, 4) is 5.69 Å². The zero-order valence-corrected chi connectivity index (χ0v) is 12.7. The van der Waals surface area contributed by atoms with E-state index in [0.29, 0.717) is 5.69 Å². The third-order valence-electron chi connectivity index (χ3n) is 3.59. The molecular formula is C15H19ClN4O. The van der Waals surface area contributed by atoms with Crippen molar-refractivity contribution < 1.29 is 4.79 Å². The van der Waals surface area contributed by atoms with Crippen LogP contribution in [-0.2, 0) is 0 Å². The lowest BCUT2D eigenvalue weighted by molar-refractivity contribution is 0.0649. The maximum Gasteiger partial charge on any atom is 0.274 e. The number of nitrogens with one attached hydrogen (secondary N) is 1. The molecule has 112 valence electrons. The second-order valence-electron chi connectivity index (χ2n) is 5.03. The molecule has 1 atom stereocenters. The number of piperazine rings is 1. The Balaban J connectivity index is 0.00000161. The lowest BCUT2D eigenvalue weighted by Gasteiger charge is -2.33. The summed E-state index contributed by atoms with van der Waals surface area (Å²) in [5, 5.41) is 7.68. The minimum Gasteiger partial charge on any atom is -0.332 e.